The summed E-state index contributed by atoms with van der Waals surface area (Å²) in [5.41, 5.74) is -1.46. The van der Waals surface area contributed by atoms with E-state index in [1.54, 1.807) is 31.2 Å². The summed E-state index contributed by atoms with van der Waals surface area (Å²) in [5, 5.41) is 10.6. The minimum atomic E-state index is -1.10. The zero-order valence-electron chi connectivity index (χ0n) is 10.8. The van der Waals surface area contributed by atoms with Crippen molar-refractivity contribution in [2.75, 3.05) is 12.0 Å². The molecule has 0 bridgehead atoms. The van der Waals surface area contributed by atoms with E-state index in [2.05, 4.69) is 4.98 Å². The molecule has 6 heteroatoms. The molecule has 0 saturated carbocycles. The Labute approximate surface area is 114 Å². The summed E-state index contributed by atoms with van der Waals surface area (Å²) >= 11 is 1.47. The minimum Gasteiger partial charge on any atom is -0.387 e. The van der Waals surface area contributed by atoms with E-state index in [0.717, 1.165) is 4.57 Å². The van der Waals surface area contributed by atoms with Crippen molar-refractivity contribution in [3.05, 3.63) is 45.1 Å². The number of para-hydroxylation sites is 1. The first-order valence-electron chi connectivity index (χ1n) is 5.88. The van der Waals surface area contributed by atoms with Crippen molar-refractivity contribution in [3.63, 3.8) is 0 Å². The topological polar surface area (TPSA) is 75.1 Å². The number of aromatic nitrogens is 2. The second-order valence-electron chi connectivity index (χ2n) is 4.80. The van der Waals surface area contributed by atoms with Crippen LogP contribution in [0.5, 0.6) is 0 Å². The number of thioether (sulfide) groups is 1. The number of aromatic amines is 1. The lowest BCUT2D eigenvalue weighted by Gasteiger charge is -2.22. The molecule has 0 spiro atoms. The zero-order valence-corrected chi connectivity index (χ0v) is 11.7. The van der Waals surface area contributed by atoms with Gasteiger partial charge in [0.15, 0.2) is 0 Å². The van der Waals surface area contributed by atoms with Crippen molar-refractivity contribution >= 4 is 22.7 Å². The molecule has 102 valence electrons. The Morgan fingerprint density at radius 1 is 1.37 bits per heavy atom. The lowest BCUT2D eigenvalue weighted by Crippen LogP contribution is -2.44. The Balaban J connectivity index is 2.56. The summed E-state index contributed by atoms with van der Waals surface area (Å²) in [6.07, 6.45) is 1.86. The SMILES string of the molecule is CSCC(C)(O)Cn1c(=O)[nH]c2ccccc2c1=O. The molecule has 1 unspecified atom stereocenters. The lowest BCUT2D eigenvalue weighted by molar-refractivity contribution is 0.0643. The first kappa shape index (κ1) is 13.9. The fraction of sp³-hybridized carbons (Fsp3) is 0.385. The van der Waals surface area contributed by atoms with E-state index in [4.69, 9.17) is 0 Å². The van der Waals surface area contributed by atoms with Crippen molar-refractivity contribution in [1.82, 2.24) is 9.55 Å². The summed E-state index contributed by atoms with van der Waals surface area (Å²) in [5.74, 6) is 0.450. The Hall–Kier alpha value is -1.53. The van der Waals surface area contributed by atoms with Gasteiger partial charge >= 0.3 is 5.69 Å². The fourth-order valence-corrected chi connectivity index (χ4v) is 2.75. The summed E-state index contributed by atoms with van der Waals surface area (Å²) in [4.78, 5) is 26.8. The predicted octanol–water partition coefficient (Wildman–Crippen LogP) is 0.804. The molecule has 0 radical (unpaired) electrons. The number of nitrogens with one attached hydrogen (secondary N) is 1. The van der Waals surface area contributed by atoms with Crippen LogP contribution >= 0.6 is 11.8 Å². The summed E-state index contributed by atoms with van der Waals surface area (Å²) in [6, 6.07) is 6.84. The molecule has 0 saturated heterocycles. The van der Waals surface area contributed by atoms with Crippen molar-refractivity contribution in [3.8, 4) is 0 Å². The van der Waals surface area contributed by atoms with E-state index in [1.165, 1.54) is 11.8 Å². The molecule has 2 aromatic rings. The van der Waals surface area contributed by atoms with Crippen LogP contribution in [0.1, 0.15) is 6.92 Å². The standard InChI is InChI=1S/C13H16N2O3S/c1-13(18,8-19-2)7-15-11(16)9-5-3-4-6-10(9)14-12(15)17/h3-6,18H,7-8H2,1-2H3,(H,14,17). The number of rotatable bonds is 4. The van der Waals surface area contributed by atoms with Crippen LogP contribution in [0.2, 0.25) is 0 Å². The van der Waals surface area contributed by atoms with Crippen molar-refractivity contribution in [2.45, 2.75) is 19.1 Å². The maximum Gasteiger partial charge on any atom is 0.328 e. The van der Waals surface area contributed by atoms with Crippen LogP contribution in [0.4, 0.5) is 0 Å². The number of hydrogen-bond donors (Lipinski definition) is 2. The van der Waals surface area contributed by atoms with Crippen molar-refractivity contribution in [2.24, 2.45) is 0 Å². The van der Waals surface area contributed by atoms with Crippen molar-refractivity contribution in [1.29, 1.82) is 0 Å². The van der Waals surface area contributed by atoms with Crippen molar-refractivity contribution < 1.29 is 5.11 Å². The predicted molar refractivity (Wildman–Crippen MR) is 77.8 cm³/mol. The van der Waals surface area contributed by atoms with E-state index in [-0.39, 0.29) is 12.1 Å². The maximum absolute atomic E-state index is 12.3. The molecule has 0 aliphatic carbocycles. The summed E-state index contributed by atoms with van der Waals surface area (Å²) in [7, 11) is 0. The quantitative estimate of drug-likeness (QED) is 0.869. The molecule has 2 rings (SSSR count). The molecule has 19 heavy (non-hydrogen) atoms. The Bertz CT molecular complexity index is 703. The summed E-state index contributed by atoms with van der Waals surface area (Å²) < 4.78 is 1.05. The molecule has 0 fully saturated rings. The number of fused-ring (bicyclic) bond motifs is 1. The highest BCUT2D eigenvalue weighted by Gasteiger charge is 2.22. The first-order valence-corrected chi connectivity index (χ1v) is 7.27. The molecule has 0 aliphatic rings. The highest BCUT2D eigenvalue weighted by molar-refractivity contribution is 7.98. The largest absolute Gasteiger partial charge is 0.387 e. The second-order valence-corrected chi connectivity index (χ2v) is 5.66. The molecule has 0 amide bonds. The van der Waals surface area contributed by atoms with Crippen LogP contribution in [0.3, 0.4) is 0 Å². The number of nitrogens with zero attached hydrogens (tertiary/aromatic N) is 1. The molecule has 0 aliphatic heterocycles. The van der Waals surface area contributed by atoms with Gasteiger partial charge in [0, 0.05) is 5.75 Å². The number of H-pyrrole nitrogens is 1. The third-order valence-electron chi connectivity index (χ3n) is 2.84. The van der Waals surface area contributed by atoms with Gasteiger partial charge in [-0.25, -0.2) is 4.79 Å². The van der Waals surface area contributed by atoms with Gasteiger partial charge < -0.3 is 10.1 Å². The number of benzene rings is 1. The van der Waals surface area contributed by atoms with Crippen LogP contribution in [0.25, 0.3) is 10.9 Å². The van der Waals surface area contributed by atoms with Gasteiger partial charge in [-0.15, -0.1) is 0 Å². The van der Waals surface area contributed by atoms with E-state index in [1.807, 2.05) is 6.26 Å². The van der Waals surface area contributed by atoms with Gasteiger partial charge in [-0.05, 0) is 25.3 Å². The number of hydrogen-bond acceptors (Lipinski definition) is 4. The molecule has 1 heterocycles. The third-order valence-corrected chi connectivity index (χ3v) is 3.75. The second kappa shape index (κ2) is 5.22. The molecule has 2 N–H and O–H groups in total. The average molecular weight is 280 g/mol. The average Bonchev–Trinajstić information content (AvgIpc) is 2.34. The molecular formula is C13H16N2O3S. The van der Waals surface area contributed by atoms with Gasteiger partial charge in [-0.1, -0.05) is 12.1 Å². The zero-order chi connectivity index (χ0) is 14.0. The minimum absolute atomic E-state index is 0.0210. The van der Waals surface area contributed by atoms with E-state index in [9.17, 15) is 14.7 Å². The Morgan fingerprint density at radius 3 is 2.74 bits per heavy atom. The molecular weight excluding hydrogens is 264 g/mol. The van der Waals surface area contributed by atoms with Gasteiger partial charge in [-0.2, -0.15) is 11.8 Å². The molecule has 5 nitrogen and oxygen atoms in total. The maximum atomic E-state index is 12.3. The van der Waals surface area contributed by atoms with Gasteiger partial charge in [0.05, 0.1) is 23.0 Å². The van der Waals surface area contributed by atoms with E-state index in [0.29, 0.717) is 16.7 Å². The molecule has 1 aromatic heterocycles. The highest BCUT2D eigenvalue weighted by Crippen LogP contribution is 2.12. The smallest absolute Gasteiger partial charge is 0.328 e. The molecule has 1 aromatic carbocycles. The monoisotopic (exact) mass is 280 g/mol. The van der Waals surface area contributed by atoms with Crippen LogP contribution in [0, 0.1) is 0 Å². The number of aliphatic hydroxyl groups is 1. The fourth-order valence-electron chi connectivity index (χ4n) is 2.04. The Morgan fingerprint density at radius 2 is 2.05 bits per heavy atom. The van der Waals surface area contributed by atoms with Crippen LogP contribution in [0.15, 0.2) is 33.9 Å². The van der Waals surface area contributed by atoms with E-state index < -0.39 is 11.3 Å². The summed E-state index contributed by atoms with van der Waals surface area (Å²) in [6.45, 7) is 1.59. The first-order chi connectivity index (χ1) is 8.94. The van der Waals surface area contributed by atoms with Gasteiger partial charge in [0.25, 0.3) is 5.56 Å². The normalized spacial score (nSPS) is 14.5. The van der Waals surface area contributed by atoms with E-state index >= 15 is 0 Å². The Kier molecular flexibility index (Phi) is 3.82. The van der Waals surface area contributed by atoms with Crippen LogP contribution in [-0.4, -0.2) is 32.3 Å². The van der Waals surface area contributed by atoms with Crippen LogP contribution in [-0.2, 0) is 6.54 Å². The lowest BCUT2D eigenvalue weighted by atomic mass is 10.1. The van der Waals surface area contributed by atoms with Crippen LogP contribution < -0.4 is 11.2 Å². The third kappa shape index (κ3) is 2.90. The molecule has 1 atom stereocenters. The highest BCUT2D eigenvalue weighted by atomic mass is 32.2. The van der Waals surface area contributed by atoms with Gasteiger partial charge in [0.2, 0.25) is 0 Å². The van der Waals surface area contributed by atoms with Gasteiger partial charge in [0.1, 0.15) is 0 Å². The van der Waals surface area contributed by atoms with Gasteiger partial charge in [-0.3, -0.25) is 9.36 Å².